The Morgan fingerprint density at radius 3 is 1.92 bits per heavy atom. The number of fused-ring (bicyclic) bond motifs is 10. The van der Waals surface area contributed by atoms with Crippen LogP contribution in [0.4, 0.5) is 0 Å². The van der Waals surface area contributed by atoms with Gasteiger partial charge in [0.1, 0.15) is 11.2 Å². The number of hydrogen-bond acceptors (Lipinski definition) is 5. The fourth-order valence-corrected chi connectivity index (χ4v) is 10.4. The molecule has 0 aliphatic heterocycles. The molecule has 0 unspecified atom stereocenters. The van der Waals surface area contributed by atoms with Gasteiger partial charge in [0, 0.05) is 64.5 Å². The molecule has 284 valence electrons. The third-order valence-corrected chi connectivity index (χ3v) is 13.1. The molecule has 0 saturated carbocycles. The second kappa shape index (κ2) is 13.3. The molecule has 9 aromatic carbocycles. The van der Waals surface area contributed by atoms with Gasteiger partial charge in [-0.25, -0.2) is 15.0 Å². The van der Waals surface area contributed by atoms with Crippen LogP contribution in [-0.2, 0) is 0 Å². The predicted octanol–water partition coefficient (Wildman–Crippen LogP) is 15.1. The Balaban J connectivity index is 1.13. The van der Waals surface area contributed by atoms with Gasteiger partial charge in [-0.15, -0.1) is 11.3 Å². The van der Waals surface area contributed by atoms with Crippen LogP contribution in [0.15, 0.2) is 199 Å². The van der Waals surface area contributed by atoms with E-state index >= 15 is 0 Å². The quantitative estimate of drug-likeness (QED) is 0.174. The Labute approximate surface area is 353 Å². The lowest BCUT2D eigenvalue weighted by atomic mass is 10.0. The van der Waals surface area contributed by atoms with Crippen molar-refractivity contribution in [3.8, 4) is 51.0 Å². The van der Waals surface area contributed by atoms with Crippen LogP contribution in [0.5, 0.6) is 0 Å². The number of aromatic nitrogens is 4. The van der Waals surface area contributed by atoms with E-state index in [4.69, 9.17) is 19.4 Å². The van der Waals surface area contributed by atoms with E-state index in [1.165, 1.54) is 36.3 Å². The molecule has 5 nitrogen and oxygen atoms in total. The minimum Gasteiger partial charge on any atom is -0.456 e. The second-order valence-electron chi connectivity index (χ2n) is 15.6. The Hall–Kier alpha value is -7.93. The highest BCUT2D eigenvalue weighted by molar-refractivity contribution is 7.25. The minimum absolute atomic E-state index is 0.575. The number of thiophene rings is 1. The van der Waals surface area contributed by atoms with Gasteiger partial charge in [0.2, 0.25) is 0 Å². The smallest absolute Gasteiger partial charge is 0.164 e. The van der Waals surface area contributed by atoms with Crippen molar-refractivity contribution in [1.82, 2.24) is 19.5 Å². The molecule has 0 spiro atoms. The summed E-state index contributed by atoms with van der Waals surface area (Å²) >= 11 is 1.79. The summed E-state index contributed by atoms with van der Waals surface area (Å²) in [6, 6.07) is 68.5. The van der Waals surface area contributed by atoms with E-state index in [1.54, 1.807) is 11.3 Å². The van der Waals surface area contributed by atoms with E-state index in [0.29, 0.717) is 17.5 Å². The van der Waals surface area contributed by atoms with Gasteiger partial charge in [-0.3, -0.25) is 0 Å². The lowest BCUT2D eigenvalue weighted by Gasteiger charge is -2.14. The molecule has 0 atom stereocenters. The van der Waals surface area contributed by atoms with Gasteiger partial charge in [0.05, 0.1) is 16.7 Å². The highest BCUT2D eigenvalue weighted by Crippen LogP contribution is 2.43. The first-order valence-electron chi connectivity index (χ1n) is 20.4. The summed E-state index contributed by atoms with van der Waals surface area (Å²) in [6.45, 7) is 0. The van der Waals surface area contributed by atoms with Crippen molar-refractivity contribution < 1.29 is 4.42 Å². The highest BCUT2D eigenvalue weighted by Gasteiger charge is 2.23. The molecule has 0 fully saturated rings. The number of nitrogens with zero attached hydrogens (tertiary/aromatic N) is 4. The maximum absolute atomic E-state index is 6.75. The van der Waals surface area contributed by atoms with E-state index in [9.17, 15) is 0 Å². The standard InChI is InChI=1S/C55H32N4OS/c1-2-14-33(15-3-1)34-18-12-19-37(28-34)53-56-54(42-23-13-27-50-52(42)41-22-8-11-26-49(41)61-50)58-55(57-53)44-31-38(32-48-51(44)40-21-7-10-25-47(40)60-48)59-45-24-9-6-20-39(45)43-29-35-16-4-5-17-36(35)30-46(43)59/h1-32H. The van der Waals surface area contributed by atoms with E-state index < -0.39 is 0 Å². The largest absolute Gasteiger partial charge is 0.456 e. The number of benzene rings is 9. The zero-order valence-electron chi connectivity index (χ0n) is 32.6. The molecule has 0 radical (unpaired) electrons. The molecule has 13 aromatic rings. The topological polar surface area (TPSA) is 56.7 Å². The van der Waals surface area contributed by atoms with E-state index in [0.717, 1.165) is 71.9 Å². The van der Waals surface area contributed by atoms with Crippen LogP contribution < -0.4 is 0 Å². The first-order chi connectivity index (χ1) is 30.2. The molecule has 0 aliphatic carbocycles. The molecule has 61 heavy (non-hydrogen) atoms. The highest BCUT2D eigenvalue weighted by atomic mass is 32.1. The fourth-order valence-electron chi connectivity index (χ4n) is 9.25. The number of hydrogen-bond donors (Lipinski definition) is 0. The average molecular weight is 797 g/mol. The summed E-state index contributed by atoms with van der Waals surface area (Å²) in [5.74, 6) is 1.80. The molecule has 6 heteroatoms. The van der Waals surface area contributed by atoms with Gasteiger partial charge in [0.15, 0.2) is 17.5 Å². The van der Waals surface area contributed by atoms with Gasteiger partial charge in [-0.2, -0.15) is 0 Å². The van der Waals surface area contributed by atoms with Gasteiger partial charge < -0.3 is 8.98 Å². The van der Waals surface area contributed by atoms with Gasteiger partial charge in [-0.1, -0.05) is 140 Å². The monoisotopic (exact) mass is 796 g/mol. The summed E-state index contributed by atoms with van der Waals surface area (Å²) in [6.07, 6.45) is 0. The van der Waals surface area contributed by atoms with Crippen LogP contribution in [0.1, 0.15) is 0 Å². The zero-order valence-corrected chi connectivity index (χ0v) is 33.4. The van der Waals surface area contributed by atoms with Crippen LogP contribution in [0.3, 0.4) is 0 Å². The molecule has 0 saturated heterocycles. The average Bonchev–Trinajstić information content (AvgIpc) is 4.00. The first-order valence-corrected chi connectivity index (χ1v) is 21.2. The SMILES string of the molecule is c1ccc(-c2cccc(-c3nc(-c4cc(-n5c6ccccc6c6cc7ccccc7cc65)cc5oc6ccccc6c45)nc(-c4cccc5sc6ccccc6c45)n3)c2)cc1. The third-order valence-electron chi connectivity index (χ3n) is 12.0. The van der Waals surface area contributed by atoms with Crippen molar-refractivity contribution in [3.05, 3.63) is 194 Å². The number of rotatable bonds is 5. The molecule has 13 rings (SSSR count). The Morgan fingerprint density at radius 2 is 1.03 bits per heavy atom. The maximum Gasteiger partial charge on any atom is 0.164 e. The van der Waals surface area contributed by atoms with Crippen LogP contribution >= 0.6 is 11.3 Å². The van der Waals surface area contributed by atoms with Crippen LogP contribution in [0.25, 0.3) is 126 Å². The molecule has 4 aromatic heterocycles. The first kappa shape index (κ1) is 34.0. The third kappa shape index (κ3) is 5.36. The summed E-state index contributed by atoms with van der Waals surface area (Å²) in [7, 11) is 0. The van der Waals surface area contributed by atoms with Crippen molar-refractivity contribution >= 4 is 86.0 Å². The van der Waals surface area contributed by atoms with Crippen LogP contribution in [0, 0.1) is 0 Å². The van der Waals surface area contributed by atoms with Gasteiger partial charge in [0.25, 0.3) is 0 Å². The van der Waals surface area contributed by atoms with E-state index in [-0.39, 0.29) is 0 Å². The van der Waals surface area contributed by atoms with Crippen LogP contribution in [0.2, 0.25) is 0 Å². The predicted molar refractivity (Wildman–Crippen MR) is 254 cm³/mol. The van der Waals surface area contributed by atoms with Crippen LogP contribution in [-0.4, -0.2) is 19.5 Å². The normalized spacial score (nSPS) is 11.9. The lowest BCUT2D eigenvalue weighted by Crippen LogP contribution is -2.02. The molecule has 4 heterocycles. The van der Waals surface area contributed by atoms with Crippen molar-refractivity contribution in [2.45, 2.75) is 0 Å². The molecule has 0 aliphatic rings. The van der Waals surface area contributed by atoms with Crippen molar-refractivity contribution in [1.29, 1.82) is 0 Å². The van der Waals surface area contributed by atoms with Gasteiger partial charge in [-0.05, 0) is 70.4 Å². The Kier molecular flexibility index (Phi) is 7.41. The van der Waals surface area contributed by atoms with E-state index in [1.807, 2.05) is 18.2 Å². The Morgan fingerprint density at radius 1 is 0.377 bits per heavy atom. The Bertz CT molecular complexity index is 3900. The summed E-state index contributed by atoms with van der Waals surface area (Å²) < 4.78 is 11.5. The van der Waals surface area contributed by atoms with Crippen molar-refractivity contribution in [2.24, 2.45) is 0 Å². The summed E-state index contributed by atoms with van der Waals surface area (Å²) in [4.78, 5) is 16.2. The van der Waals surface area contributed by atoms with Gasteiger partial charge >= 0.3 is 0 Å². The summed E-state index contributed by atoms with van der Waals surface area (Å²) in [5.41, 5.74) is 9.74. The fraction of sp³-hybridized carbons (Fsp3) is 0. The molecule has 0 bridgehead atoms. The second-order valence-corrected chi connectivity index (χ2v) is 16.6. The van der Waals surface area contributed by atoms with Crippen molar-refractivity contribution in [2.75, 3.05) is 0 Å². The molecular weight excluding hydrogens is 765 g/mol. The zero-order chi connectivity index (χ0) is 40.0. The molecule has 0 N–H and O–H groups in total. The number of furan rings is 1. The summed E-state index contributed by atoms with van der Waals surface area (Å²) in [5, 5.41) is 9.09. The maximum atomic E-state index is 6.75. The van der Waals surface area contributed by atoms with E-state index in [2.05, 4.69) is 180 Å². The molecular formula is C55H32N4OS. The lowest BCUT2D eigenvalue weighted by molar-refractivity contribution is 0.668. The van der Waals surface area contributed by atoms with Crippen molar-refractivity contribution in [3.63, 3.8) is 0 Å². The number of para-hydroxylation sites is 2. The molecule has 0 amide bonds. The minimum atomic E-state index is 0.575.